The van der Waals surface area contributed by atoms with Gasteiger partial charge in [0.1, 0.15) is 5.56 Å². The predicted molar refractivity (Wildman–Crippen MR) is 90.5 cm³/mol. The van der Waals surface area contributed by atoms with Gasteiger partial charge in [-0.3, -0.25) is 9.78 Å². The van der Waals surface area contributed by atoms with Crippen molar-refractivity contribution in [3.05, 3.63) is 35.0 Å². The van der Waals surface area contributed by atoms with Crippen molar-refractivity contribution in [3.8, 4) is 0 Å². The Bertz CT molecular complexity index is 825. The van der Waals surface area contributed by atoms with E-state index in [-0.39, 0.29) is 6.61 Å². The van der Waals surface area contributed by atoms with Crippen LogP contribution in [0.2, 0.25) is 0 Å². The zero-order chi connectivity index (χ0) is 17.4. The van der Waals surface area contributed by atoms with Gasteiger partial charge in [0.2, 0.25) is 0 Å². The summed E-state index contributed by atoms with van der Waals surface area (Å²) < 4.78 is 5.15. The van der Waals surface area contributed by atoms with Gasteiger partial charge in [-0.05, 0) is 32.4 Å². The average Bonchev–Trinajstić information content (AvgIpc) is 2.45. The molecular formula is C18H20N2O4. The van der Waals surface area contributed by atoms with Crippen molar-refractivity contribution in [2.45, 2.75) is 20.8 Å². The number of fused-ring (bicyclic) bond motifs is 1. The lowest BCUT2D eigenvalue weighted by Gasteiger charge is -2.40. The number of carbonyl (C=O) groups is 2. The van der Waals surface area contributed by atoms with Crippen LogP contribution in [-0.2, 0) is 9.53 Å². The predicted octanol–water partition coefficient (Wildman–Crippen LogP) is 2.55. The molecule has 0 atom stereocenters. The molecule has 6 heteroatoms. The molecule has 1 saturated heterocycles. The van der Waals surface area contributed by atoms with Crippen LogP contribution >= 0.6 is 0 Å². The van der Waals surface area contributed by atoms with Crippen molar-refractivity contribution in [3.63, 3.8) is 0 Å². The third kappa shape index (κ3) is 2.68. The number of rotatable bonds is 4. The van der Waals surface area contributed by atoms with E-state index < -0.39 is 17.9 Å². The number of hydrogen-bond acceptors (Lipinski definition) is 5. The Kier molecular flexibility index (Phi) is 4.13. The Labute approximate surface area is 140 Å². The topological polar surface area (TPSA) is 79.7 Å². The number of aryl methyl sites for hydroxylation is 2. The number of hydrogen-bond donors (Lipinski definition) is 1. The van der Waals surface area contributed by atoms with Crippen molar-refractivity contribution in [2.75, 3.05) is 24.6 Å². The summed E-state index contributed by atoms with van der Waals surface area (Å²) in [4.78, 5) is 29.8. The molecule has 2 aromatic rings. The number of pyridine rings is 1. The highest BCUT2D eigenvalue weighted by Gasteiger charge is 2.36. The smallest absolute Gasteiger partial charge is 0.341 e. The fraction of sp³-hybridized carbons (Fsp3) is 0.389. The van der Waals surface area contributed by atoms with Gasteiger partial charge >= 0.3 is 11.9 Å². The van der Waals surface area contributed by atoms with Gasteiger partial charge in [-0.15, -0.1) is 0 Å². The molecule has 126 valence electrons. The molecule has 1 N–H and O–H groups in total. The fourth-order valence-corrected chi connectivity index (χ4v) is 3.16. The molecule has 1 aromatic carbocycles. The minimum Gasteiger partial charge on any atom is -0.481 e. The largest absolute Gasteiger partial charge is 0.481 e. The molecule has 0 unspecified atom stereocenters. The van der Waals surface area contributed by atoms with Crippen LogP contribution in [0.5, 0.6) is 0 Å². The van der Waals surface area contributed by atoms with Crippen molar-refractivity contribution >= 4 is 28.5 Å². The molecule has 24 heavy (non-hydrogen) atoms. The highest BCUT2D eigenvalue weighted by molar-refractivity contribution is 6.06. The number of benzene rings is 1. The lowest BCUT2D eigenvalue weighted by molar-refractivity contribution is -0.142. The van der Waals surface area contributed by atoms with E-state index in [4.69, 9.17) is 9.84 Å². The molecule has 2 heterocycles. The normalized spacial score (nSPS) is 14.5. The van der Waals surface area contributed by atoms with Gasteiger partial charge in [-0.2, -0.15) is 0 Å². The lowest BCUT2D eigenvalue weighted by atomic mass is 9.95. The summed E-state index contributed by atoms with van der Waals surface area (Å²) in [5.41, 5.74) is 4.03. The van der Waals surface area contributed by atoms with E-state index in [9.17, 15) is 9.59 Å². The van der Waals surface area contributed by atoms with E-state index in [1.807, 2.05) is 30.9 Å². The monoisotopic (exact) mass is 328 g/mol. The van der Waals surface area contributed by atoms with Gasteiger partial charge in [-0.1, -0.05) is 11.6 Å². The highest BCUT2D eigenvalue weighted by Crippen LogP contribution is 2.36. The van der Waals surface area contributed by atoms with E-state index in [0.29, 0.717) is 18.7 Å². The summed E-state index contributed by atoms with van der Waals surface area (Å²) in [6.07, 6.45) is 1.53. The van der Waals surface area contributed by atoms with Crippen LogP contribution in [0.25, 0.3) is 10.9 Å². The highest BCUT2D eigenvalue weighted by atomic mass is 16.5. The van der Waals surface area contributed by atoms with Crippen LogP contribution in [0.1, 0.15) is 28.4 Å². The number of aliphatic carboxylic acids is 1. The van der Waals surface area contributed by atoms with Crippen LogP contribution < -0.4 is 4.90 Å². The van der Waals surface area contributed by atoms with Crippen molar-refractivity contribution in [1.29, 1.82) is 0 Å². The van der Waals surface area contributed by atoms with Crippen molar-refractivity contribution in [2.24, 2.45) is 5.92 Å². The molecule has 1 aliphatic rings. The van der Waals surface area contributed by atoms with Gasteiger partial charge in [0.25, 0.3) is 0 Å². The van der Waals surface area contributed by atoms with E-state index in [1.165, 1.54) is 6.20 Å². The molecule has 0 spiro atoms. The van der Waals surface area contributed by atoms with Gasteiger partial charge in [-0.25, -0.2) is 4.79 Å². The molecule has 0 amide bonds. The maximum Gasteiger partial charge on any atom is 0.341 e. The molecule has 1 fully saturated rings. The van der Waals surface area contributed by atoms with E-state index in [1.54, 1.807) is 6.92 Å². The number of carbonyl (C=O) groups excluding carboxylic acids is 1. The number of ether oxygens (including phenoxy) is 1. The molecule has 6 nitrogen and oxygen atoms in total. The summed E-state index contributed by atoms with van der Waals surface area (Å²) in [6, 6.07) is 4.03. The first-order chi connectivity index (χ1) is 11.4. The Morgan fingerprint density at radius 2 is 2.04 bits per heavy atom. The number of esters is 1. The Morgan fingerprint density at radius 1 is 1.33 bits per heavy atom. The number of anilines is 1. The number of carboxylic acids is 1. The summed E-state index contributed by atoms with van der Waals surface area (Å²) in [5.74, 6) is -1.65. The molecule has 0 aliphatic carbocycles. The molecule has 3 rings (SSSR count). The molecule has 1 aromatic heterocycles. The number of aromatic nitrogens is 1. The third-order valence-corrected chi connectivity index (χ3v) is 4.32. The first-order valence-corrected chi connectivity index (χ1v) is 7.97. The maximum atomic E-state index is 12.3. The summed E-state index contributed by atoms with van der Waals surface area (Å²) in [7, 11) is 0. The number of carboxylic acid groups (broad SMARTS) is 1. The zero-order valence-corrected chi connectivity index (χ0v) is 14.0. The Hall–Kier alpha value is -2.63. The fourth-order valence-electron chi connectivity index (χ4n) is 3.16. The van der Waals surface area contributed by atoms with E-state index >= 15 is 0 Å². The maximum absolute atomic E-state index is 12.3. The minimum absolute atomic E-state index is 0.279. The van der Waals surface area contributed by atoms with Gasteiger partial charge in [0.15, 0.2) is 0 Å². The second-order valence-corrected chi connectivity index (χ2v) is 6.16. The second kappa shape index (κ2) is 6.11. The van der Waals surface area contributed by atoms with Crippen LogP contribution in [-0.4, -0.2) is 41.7 Å². The molecule has 0 radical (unpaired) electrons. The minimum atomic E-state index is -0.811. The van der Waals surface area contributed by atoms with Gasteiger partial charge in [0.05, 0.1) is 23.7 Å². The van der Waals surface area contributed by atoms with Crippen LogP contribution in [0.4, 0.5) is 5.69 Å². The van der Waals surface area contributed by atoms with Crippen molar-refractivity contribution in [1.82, 2.24) is 4.98 Å². The van der Waals surface area contributed by atoms with Crippen molar-refractivity contribution < 1.29 is 19.4 Å². The Morgan fingerprint density at radius 3 is 2.67 bits per heavy atom. The Balaban J connectivity index is 2.15. The molecule has 0 bridgehead atoms. The summed E-state index contributed by atoms with van der Waals surface area (Å²) >= 11 is 0. The second-order valence-electron chi connectivity index (χ2n) is 6.16. The summed E-state index contributed by atoms with van der Waals surface area (Å²) in [6.45, 7) is 6.77. The standard InChI is InChI=1S/C18H20N2O4/c1-4-24-18(23)14-7-19-15-11(3)5-10(2)6-13(15)16(14)20-8-12(9-20)17(21)22/h5-7,12H,4,8-9H2,1-3H3,(H,21,22). The van der Waals surface area contributed by atoms with Crippen LogP contribution in [0.3, 0.4) is 0 Å². The van der Waals surface area contributed by atoms with Gasteiger partial charge < -0.3 is 14.7 Å². The quantitative estimate of drug-likeness (QED) is 0.869. The van der Waals surface area contributed by atoms with E-state index in [0.717, 1.165) is 27.7 Å². The average molecular weight is 328 g/mol. The van der Waals surface area contributed by atoms with E-state index in [2.05, 4.69) is 4.98 Å². The third-order valence-electron chi connectivity index (χ3n) is 4.32. The number of nitrogens with zero attached hydrogens (tertiary/aromatic N) is 2. The van der Waals surface area contributed by atoms with Crippen LogP contribution in [0, 0.1) is 19.8 Å². The molecule has 1 aliphatic heterocycles. The van der Waals surface area contributed by atoms with Crippen LogP contribution in [0.15, 0.2) is 18.3 Å². The first kappa shape index (κ1) is 16.2. The lowest BCUT2D eigenvalue weighted by Crippen LogP contribution is -2.51. The van der Waals surface area contributed by atoms with Gasteiger partial charge in [0, 0.05) is 24.7 Å². The zero-order valence-electron chi connectivity index (χ0n) is 14.0. The SMILES string of the molecule is CCOC(=O)c1cnc2c(C)cc(C)cc2c1N1CC(C(=O)O)C1. The molecular weight excluding hydrogens is 308 g/mol. The summed E-state index contributed by atoms with van der Waals surface area (Å²) in [5, 5.41) is 9.99. The first-order valence-electron chi connectivity index (χ1n) is 7.97. The molecule has 0 saturated carbocycles.